The number of fused-ring (bicyclic) bond motifs is 1. The van der Waals surface area contributed by atoms with Crippen molar-refractivity contribution in [1.29, 1.82) is 0 Å². The second-order valence-corrected chi connectivity index (χ2v) is 4.51. The molecule has 0 aliphatic carbocycles. The van der Waals surface area contributed by atoms with E-state index in [1.54, 1.807) is 12.1 Å². The molecule has 15 heavy (non-hydrogen) atoms. The highest BCUT2D eigenvalue weighted by Crippen LogP contribution is 2.28. The molecule has 0 N–H and O–H groups in total. The van der Waals surface area contributed by atoms with Crippen LogP contribution in [0.1, 0.15) is 11.3 Å². The first-order chi connectivity index (χ1) is 7.08. The molecule has 1 heterocycles. The highest BCUT2D eigenvalue weighted by Gasteiger charge is 2.11. The standard InChI is InChI=1S/C10H5ClF2OS/c11-5-1-2-8-6(3-5)7(14)4-9(15-8)10(12)13/h1-4,10H. The molecule has 0 fully saturated rings. The minimum atomic E-state index is -2.61. The summed E-state index contributed by atoms with van der Waals surface area (Å²) in [4.78, 5) is 11.3. The van der Waals surface area contributed by atoms with E-state index in [4.69, 9.17) is 11.6 Å². The molecule has 0 spiro atoms. The summed E-state index contributed by atoms with van der Waals surface area (Å²) in [6, 6.07) is 5.61. The maximum absolute atomic E-state index is 12.4. The van der Waals surface area contributed by atoms with E-state index in [9.17, 15) is 13.6 Å². The lowest BCUT2D eigenvalue weighted by atomic mass is 10.2. The molecular formula is C10H5ClF2OS. The van der Waals surface area contributed by atoms with Crippen LogP contribution in [0.5, 0.6) is 0 Å². The molecule has 5 heteroatoms. The van der Waals surface area contributed by atoms with Crippen LogP contribution < -0.4 is 5.43 Å². The van der Waals surface area contributed by atoms with Gasteiger partial charge in [0.15, 0.2) is 5.43 Å². The molecule has 0 saturated heterocycles. The molecule has 0 aliphatic rings. The Morgan fingerprint density at radius 2 is 2.00 bits per heavy atom. The third-order valence-electron chi connectivity index (χ3n) is 1.92. The molecule has 0 unspecified atom stereocenters. The third-order valence-corrected chi connectivity index (χ3v) is 3.27. The Morgan fingerprint density at radius 3 is 2.67 bits per heavy atom. The Kier molecular flexibility index (Phi) is 2.71. The normalized spacial score (nSPS) is 11.2. The smallest absolute Gasteiger partial charge is 0.272 e. The van der Waals surface area contributed by atoms with Gasteiger partial charge in [0, 0.05) is 21.2 Å². The Labute approximate surface area is 92.9 Å². The number of alkyl halides is 2. The second kappa shape index (κ2) is 3.87. The first kappa shape index (κ1) is 10.5. The summed E-state index contributed by atoms with van der Waals surface area (Å²) in [7, 11) is 0. The molecule has 0 bridgehead atoms. The predicted octanol–water partition coefficient (Wildman–Crippen LogP) is 3.85. The van der Waals surface area contributed by atoms with Gasteiger partial charge in [-0.1, -0.05) is 11.6 Å². The fourth-order valence-electron chi connectivity index (χ4n) is 1.25. The summed E-state index contributed by atoms with van der Waals surface area (Å²) in [5, 5.41) is 0.813. The number of halogens is 3. The van der Waals surface area contributed by atoms with Crippen molar-refractivity contribution in [2.24, 2.45) is 0 Å². The zero-order valence-corrected chi connectivity index (χ0v) is 8.91. The first-order valence-electron chi connectivity index (χ1n) is 4.09. The summed E-state index contributed by atoms with van der Waals surface area (Å²) >= 11 is 6.62. The number of benzene rings is 1. The molecule has 78 valence electrons. The van der Waals surface area contributed by atoms with Gasteiger partial charge in [-0.15, -0.1) is 11.3 Å². The molecule has 2 rings (SSSR count). The van der Waals surface area contributed by atoms with Crippen LogP contribution >= 0.6 is 22.9 Å². The van der Waals surface area contributed by atoms with Gasteiger partial charge in [-0.05, 0) is 18.2 Å². The fourth-order valence-corrected chi connectivity index (χ4v) is 2.34. The van der Waals surface area contributed by atoms with Crippen LogP contribution in [0.25, 0.3) is 10.1 Å². The third kappa shape index (κ3) is 2.01. The van der Waals surface area contributed by atoms with Gasteiger partial charge >= 0.3 is 0 Å². The van der Waals surface area contributed by atoms with Crippen LogP contribution in [-0.4, -0.2) is 0 Å². The summed E-state index contributed by atoms with van der Waals surface area (Å²) < 4.78 is 25.3. The Morgan fingerprint density at radius 1 is 1.27 bits per heavy atom. The van der Waals surface area contributed by atoms with E-state index in [-0.39, 0.29) is 4.88 Å². The van der Waals surface area contributed by atoms with Crippen molar-refractivity contribution in [3.8, 4) is 0 Å². The zero-order chi connectivity index (χ0) is 11.0. The van der Waals surface area contributed by atoms with E-state index >= 15 is 0 Å². The lowest BCUT2D eigenvalue weighted by molar-refractivity contribution is 0.155. The molecule has 0 atom stereocenters. The molecule has 0 amide bonds. The number of hydrogen-bond donors (Lipinski definition) is 0. The molecule has 1 nitrogen and oxygen atoms in total. The lowest BCUT2D eigenvalue weighted by Crippen LogP contribution is -2.00. The van der Waals surface area contributed by atoms with Gasteiger partial charge in [0.25, 0.3) is 6.43 Å². The molecule has 1 aromatic heterocycles. The van der Waals surface area contributed by atoms with E-state index in [0.29, 0.717) is 15.1 Å². The van der Waals surface area contributed by atoms with Crippen LogP contribution in [-0.2, 0) is 0 Å². The summed E-state index contributed by atoms with van der Waals surface area (Å²) in [6.45, 7) is 0. The summed E-state index contributed by atoms with van der Waals surface area (Å²) in [5.74, 6) is 0. The van der Waals surface area contributed by atoms with E-state index in [2.05, 4.69) is 0 Å². The highest BCUT2D eigenvalue weighted by atomic mass is 35.5. The topological polar surface area (TPSA) is 17.1 Å². The Bertz CT molecular complexity index is 565. The van der Waals surface area contributed by atoms with Gasteiger partial charge in [-0.2, -0.15) is 0 Å². The SMILES string of the molecule is O=c1cc(C(F)F)sc2ccc(Cl)cc12. The van der Waals surface area contributed by atoms with Crippen LogP contribution in [0.3, 0.4) is 0 Å². The molecule has 0 radical (unpaired) electrons. The molecule has 0 aliphatic heterocycles. The maximum atomic E-state index is 12.4. The van der Waals surface area contributed by atoms with Gasteiger partial charge in [0.1, 0.15) is 0 Å². The summed E-state index contributed by atoms with van der Waals surface area (Å²) in [6.07, 6.45) is -2.61. The van der Waals surface area contributed by atoms with E-state index < -0.39 is 11.9 Å². The largest absolute Gasteiger partial charge is 0.289 e. The highest BCUT2D eigenvalue weighted by molar-refractivity contribution is 7.18. The van der Waals surface area contributed by atoms with Crippen molar-refractivity contribution in [3.05, 3.63) is 44.4 Å². The average Bonchev–Trinajstić information content (AvgIpc) is 2.18. The second-order valence-electron chi connectivity index (χ2n) is 2.95. The van der Waals surface area contributed by atoms with Crippen molar-refractivity contribution in [3.63, 3.8) is 0 Å². The monoisotopic (exact) mass is 246 g/mol. The van der Waals surface area contributed by atoms with Gasteiger partial charge in [-0.25, -0.2) is 8.78 Å². The average molecular weight is 247 g/mol. The quantitative estimate of drug-likeness (QED) is 0.747. The predicted molar refractivity (Wildman–Crippen MR) is 58.1 cm³/mol. The van der Waals surface area contributed by atoms with Gasteiger partial charge in [-0.3, -0.25) is 4.79 Å². The molecule has 1 aromatic carbocycles. The summed E-state index contributed by atoms with van der Waals surface area (Å²) in [5.41, 5.74) is -0.415. The Hall–Kier alpha value is -1.00. The molecular weight excluding hydrogens is 242 g/mol. The first-order valence-corrected chi connectivity index (χ1v) is 5.29. The van der Waals surface area contributed by atoms with E-state index in [1.807, 2.05) is 0 Å². The van der Waals surface area contributed by atoms with Crippen molar-refractivity contribution in [2.75, 3.05) is 0 Å². The van der Waals surface area contributed by atoms with Gasteiger partial charge in [0.05, 0.1) is 4.88 Å². The van der Waals surface area contributed by atoms with Gasteiger partial charge < -0.3 is 0 Å². The van der Waals surface area contributed by atoms with Crippen molar-refractivity contribution < 1.29 is 8.78 Å². The number of hydrogen-bond acceptors (Lipinski definition) is 2. The van der Waals surface area contributed by atoms with Gasteiger partial charge in [0.2, 0.25) is 0 Å². The van der Waals surface area contributed by atoms with Crippen molar-refractivity contribution in [2.45, 2.75) is 6.43 Å². The lowest BCUT2D eigenvalue weighted by Gasteiger charge is -2.00. The Balaban J connectivity index is 2.79. The molecule has 0 saturated carbocycles. The van der Waals surface area contributed by atoms with Crippen molar-refractivity contribution in [1.82, 2.24) is 0 Å². The van der Waals surface area contributed by atoms with E-state index in [1.165, 1.54) is 6.07 Å². The minimum Gasteiger partial charge on any atom is -0.289 e. The van der Waals surface area contributed by atoms with Crippen LogP contribution in [0.2, 0.25) is 5.02 Å². The van der Waals surface area contributed by atoms with Crippen LogP contribution in [0.15, 0.2) is 29.1 Å². The number of rotatable bonds is 1. The van der Waals surface area contributed by atoms with Crippen LogP contribution in [0, 0.1) is 0 Å². The van der Waals surface area contributed by atoms with Crippen molar-refractivity contribution >= 4 is 33.0 Å². The fraction of sp³-hybridized carbons (Fsp3) is 0.100. The van der Waals surface area contributed by atoms with Crippen LogP contribution in [0.4, 0.5) is 8.78 Å². The molecule has 2 aromatic rings. The minimum absolute atomic E-state index is 0.213. The maximum Gasteiger partial charge on any atom is 0.272 e. The van der Waals surface area contributed by atoms with E-state index in [0.717, 1.165) is 17.4 Å². The zero-order valence-electron chi connectivity index (χ0n) is 7.34.